The number of rotatable bonds is 0. The largest absolute Gasteiger partial charge is 0.372 e. The second-order valence-corrected chi connectivity index (χ2v) is 0.354. The average molecular weight is 1700 g/mol. The van der Waals surface area contributed by atoms with Gasteiger partial charge >= 0.3 is 0 Å². The van der Waals surface area contributed by atoms with Crippen molar-refractivity contribution in [1.29, 1.82) is 0 Å². The van der Waals surface area contributed by atoms with Crippen LogP contribution in [0.2, 0.25) is 0 Å². The van der Waals surface area contributed by atoms with Crippen LogP contribution < -0.4 is 0 Å². The summed E-state index contributed by atoms with van der Waals surface area (Å²) < 4.78 is 0. The molecule has 0 unspecified atom stereocenters. The van der Waals surface area contributed by atoms with Crippen LogP contribution in [0.4, 0.5) is 0 Å². The zero-order valence-electron chi connectivity index (χ0n) is 11.5. The van der Waals surface area contributed by atoms with Crippen LogP contribution in [0, 0.1) is 28.7 Å². The summed E-state index contributed by atoms with van der Waals surface area (Å²) >= 11 is 0. The molecule has 0 rings (SSSR count). The van der Waals surface area contributed by atoms with Crippen molar-refractivity contribution >= 4 is 0 Å². The summed E-state index contributed by atoms with van der Waals surface area (Å²) in [6, 6.07) is 0. The molecule has 0 amide bonds. The van der Waals surface area contributed by atoms with E-state index in [0.29, 0.717) is 0 Å². The topological polar surface area (TPSA) is 0 Å². The molecule has 0 aromatic carbocycles. The van der Waals surface area contributed by atoms with E-state index in [1.165, 1.54) is 0 Å². The number of hydrogen-bond donors (Lipinski definition) is 0. The standard InChI is InChI=1S/C3H6.2CH3.4W.10Y/c1-3-2;;;;;;;;;;;;;;;;/h1-3H2;2*1H3;;;;;;;;;;;;;;/q-2;2*-1;;;;;;;;;;;;;;. The van der Waals surface area contributed by atoms with Gasteiger partial charge in [-0.25, -0.2) is 0 Å². The van der Waals surface area contributed by atoms with Gasteiger partial charge in [0.1, 0.15) is 0 Å². The summed E-state index contributed by atoms with van der Waals surface area (Å²) in [5, 5.41) is 0. The Balaban J connectivity index is -0.000000000167. The van der Waals surface area contributed by atoms with Crippen molar-refractivity contribution in [3.05, 3.63) is 28.7 Å². The van der Waals surface area contributed by atoms with Crippen LogP contribution in [-0.2, 0) is 411 Å². The summed E-state index contributed by atoms with van der Waals surface area (Å²) in [4.78, 5) is 0. The fourth-order valence-electron chi connectivity index (χ4n) is 0. The molecule has 0 aromatic rings. The van der Waals surface area contributed by atoms with Gasteiger partial charge in [0.15, 0.2) is 0 Å². The Morgan fingerprint density at radius 3 is 0.368 bits per heavy atom. The molecular formula is C5H12W4Y10-4. The van der Waals surface area contributed by atoms with E-state index in [9.17, 15) is 0 Å². The van der Waals surface area contributed by atoms with E-state index in [1.54, 1.807) is 0 Å². The molecule has 0 saturated carbocycles. The van der Waals surface area contributed by atoms with Crippen LogP contribution in [0.15, 0.2) is 0 Å². The van der Waals surface area contributed by atoms with Gasteiger partial charge in [0.2, 0.25) is 0 Å². The van der Waals surface area contributed by atoms with E-state index in [2.05, 4.69) is 13.8 Å². The van der Waals surface area contributed by atoms with Crippen LogP contribution in [0.25, 0.3) is 0 Å². The van der Waals surface area contributed by atoms with E-state index >= 15 is 0 Å². The summed E-state index contributed by atoms with van der Waals surface area (Å²) in [6.45, 7) is 6.75. The fraction of sp³-hybridized carbons (Fsp3) is 0.200. The Bertz CT molecular complexity index is 27.9. The first kappa shape index (κ1) is 133. The van der Waals surface area contributed by atoms with E-state index < -0.39 is 0 Å². The van der Waals surface area contributed by atoms with Crippen LogP contribution >= 0.6 is 0 Å². The average Bonchev–Trinajstić information content (AvgIpc) is 0.918. The summed E-state index contributed by atoms with van der Waals surface area (Å²) in [5.41, 5.74) is 0. The fourth-order valence-corrected chi connectivity index (χ4v) is 0. The predicted octanol–water partition coefficient (Wildman–Crippen LogP) is 1.91. The molecule has 0 atom stereocenters. The van der Waals surface area contributed by atoms with Crippen LogP contribution in [0.3, 0.4) is 0 Å². The third kappa shape index (κ3) is 148. The maximum atomic E-state index is 3.38. The van der Waals surface area contributed by atoms with Gasteiger partial charge in [-0.05, 0) is 0 Å². The van der Waals surface area contributed by atoms with Gasteiger partial charge < -0.3 is 35.1 Å². The van der Waals surface area contributed by atoms with Gasteiger partial charge in [0, 0.05) is 411 Å². The summed E-state index contributed by atoms with van der Waals surface area (Å²) in [7, 11) is 0. The Morgan fingerprint density at radius 1 is 0.368 bits per heavy atom. The molecule has 0 aliphatic carbocycles. The molecule has 0 spiro atoms. The molecule has 0 aliphatic heterocycles. The molecule has 10 radical (unpaired) electrons. The molecule has 0 aliphatic rings. The molecular weight excluding hydrogens is 1680 g/mol. The minimum atomic E-state index is 0. The van der Waals surface area contributed by atoms with Gasteiger partial charge in [0.25, 0.3) is 0 Å². The van der Waals surface area contributed by atoms with E-state index in [1.807, 2.05) is 0 Å². The third-order valence-corrected chi connectivity index (χ3v) is 0. The molecule has 0 aromatic heterocycles. The Kier molecular flexibility index (Phi) is 964. The van der Waals surface area contributed by atoms with Crippen molar-refractivity contribution < 1.29 is 411 Å². The first-order chi connectivity index (χ1) is 1.41. The van der Waals surface area contributed by atoms with Gasteiger partial charge in [-0.15, -0.1) is 0 Å². The van der Waals surface area contributed by atoms with E-state index in [0.717, 1.165) is 6.42 Å². The van der Waals surface area contributed by atoms with Crippen LogP contribution in [0.1, 0.15) is 6.42 Å². The molecule has 0 heterocycles. The smallest absolute Gasteiger partial charge is 0 e. The SMILES string of the molecule is [CH2-]C[CH2-].[CH3-].[CH3-].[W].[W].[W].[W].[Y].[Y].[Y].[Y].[Y].[Y].[Y].[Y].[Y].[Y]. The third-order valence-electron chi connectivity index (χ3n) is 0. The second-order valence-electron chi connectivity index (χ2n) is 0.354. The second kappa shape index (κ2) is 138. The molecule has 0 bridgehead atoms. The van der Waals surface area contributed by atoms with Crippen LogP contribution in [-0.4, -0.2) is 0 Å². The van der Waals surface area contributed by atoms with Crippen molar-refractivity contribution in [2.45, 2.75) is 6.42 Å². The first-order valence-electron chi connectivity index (χ1n) is 1.000. The summed E-state index contributed by atoms with van der Waals surface area (Å²) in [6.07, 6.45) is 0.750. The Hall–Kier alpha value is 13.8. The molecule has 0 N–H and O–H groups in total. The minimum Gasteiger partial charge on any atom is -0.372 e. The molecule has 90 valence electrons. The van der Waals surface area contributed by atoms with Gasteiger partial charge in [-0.2, -0.15) is 0 Å². The van der Waals surface area contributed by atoms with Gasteiger partial charge in [-0.3, -0.25) is 0 Å². The van der Waals surface area contributed by atoms with Gasteiger partial charge in [0.05, 0.1) is 0 Å². The molecule has 19 heavy (non-hydrogen) atoms. The van der Waals surface area contributed by atoms with Crippen molar-refractivity contribution in [3.63, 3.8) is 0 Å². The molecule has 14 heteroatoms. The Labute approximate surface area is 432 Å². The Morgan fingerprint density at radius 2 is 0.368 bits per heavy atom. The molecule has 0 fully saturated rings. The number of hydrogen-bond acceptors (Lipinski definition) is 0. The van der Waals surface area contributed by atoms with E-state index in [-0.39, 0.29) is 426 Å². The minimum absolute atomic E-state index is 0. The van der Waals surface area contributed by atoms with Crippen LogP contribution in [0.5, 0.6) is 0 Å². The van der Waals surface area contributed by atoms with Crippen molar-refractivity contribution in [3.8, 4) is 0 Å². The monoisotopic (exact) mass is 1700 g/mol. The zero-order valence-corrected chi connectivity index (χ0v) is 51.6. The first-order valence-corrected chi connectivity index (χ1v) is 1.000. The molecule has 0 nitrogen and oxygen atoms in total. The van der Waals surface area contributed by atoms with E-state index in [4.69, 9.17) is 0 Å². The quantitative estimate of drug-likeness (QED) is 0.326. The van der Waals surface area contributed by atoms with Crippen molar-refractivity contribution in [2.75, 3.05) is 0 Å². The molecule has 0 saturated heterocycles. The maximum Gasteiger partial charge on any atom is 0 e. The predicted molar refractivity (Wildman–Crippen MR) is 28.2 cm³/mol. The summed E-state index contributed by atoms with van der Waals surface area (Å²) in [5.74, 6) is 0. The zero-order chi connectivity index (χ0) is 2.71. The maximum absolute atomic E-state index is 3.38. The van der Waals surface area contributed by atoms with Crippen molar-refractivity contribution in [2.24, 2.45) is 0 Å². The normalized spacial score (nSPS) is 0.947. The van der Waals surface area contributed by atoms with Gasteiger partial charge in [-0.1, -0.05) is 0 Å². The van der Waals surface area contributed by atoms with Crippen molar-refractivity contribution in [1.82, 2.24) is 0 Å².